The number of alkyl halides is 1. The number of carbonyl (C=O) groups is 1. The molecule has 0 saturated heterocycles. The Bertz CT molecular complexity index is 305. The van der Waals surface area contributed by atoms with E-state index in [-0.39, 0.29) is 23.0 Å². The van der Waals surface area contributed by atoms with E-state index in [1.807, 2.05) is 6.07 Å². The number of pyridine rings is 1. The minimum atomic E-state index is -0.370. The summed E-state index contributed by atoms with van der Waals surface area (Å²) in [6.07, 6.45) is 1.60. The summed E-state index contributed by atoms with van der Waals surface area (Å²) < 4.78 is 4.81. The lowest BCUT2D eigenvalue weighted by atomic mass is 10.2. The molecule has 0 bridgehead atoms. The Morgan fingerprint density at radius 2 is 2.36 bits per heavy atom. The topological polar surface area (TPSA) is 39.2 Å². The predicted molar refractivity (Wildman–Crippen MR) is 63.1 cm³/mol. The van der Waals surface area contributed by atoms with Crippen LogP contribution in [0, 0.1) is 0 Å². The number of esters is 1. The molecule has 0 saturated carbocycles. The fourth-order valence-corrected chi connectivity index (χ4v) is 1.22. The van der Waals surface area contributed by atoms with Crippen molar-refractivity contribution in [2.75, 3.05) is 6.61 Å². The monoisotopic (exact) mass is 323 g/mol. The van der Waals surface area contributed by atoms with Gasteiger partial charge in [-0.25, -0.2) is 9.78 Å². The van der Waals surface area contributed by atoms with Crippen molar-refractivity contribution in [2.24, 2.45) is 0 Å². The Morgan fingerprint density at radius 3 is 2.93 bits per heavy atom. The number of hydrogen-bond acceptors (Lipinski definition) is 3. The molecule has 1 heterocycles. The summed E-state index contributed by atoms with van der Waals surface area (Å²) in [5, 5.41) is 0.710. The lowest BCUT2D eigenvalue weighted by molar-refractivity contribution is 0.0519. The largest absolute Gasteiger partial charge is 0.461 e. The maximum Gasteiger partial charge on any atom is 0.356 e. The van der Waals surface area contributed by atoms with Crippen LogP contribution in [0.1, 0.15) is 23.0 Å². The van der Waals surface area contributed by atoms with E-state index < -0.39 is 0 Å². The Hall–Kier alpha value is -0.420. The van der Waals surface area contributed by atoms with Crippen molar-refractivity contribution < 1.29 is 9.53 Å². The summed E-state index contributed by atoms with van der Waals surface area (Å²) >= 11 is 3.30. The van der Waals surface area contributed by atoms with Crippen molar-refractivity contribution >= 4 is 38.9 Å². The van der Waals surface area contributed by atoms with Crippen molar-refractivity contribution in [3.05, 3.63) is 29.6 Å². The first-order valence-corrected chi connectivity index (χ1v) is 5.08. The second kappa shape index (κ2) is 6.95. The van der Waals surface area contributed by atoms with Crippen LogP contribution in [0.4, 0.5) is 0 Å². The molecular formula is C9H11Br2NO2. The number of carbonyl (C=O) groups excluding carboxylic acids is 1. The van der Waals surface area contributed by atoms with E-state index in [0.29, 0.717) is 17.6 Å². The third-order valence-corrected chi connectivity index (χ3v) is 2.11. The molecule has 0 aliphatic rings. The van der Waals surface area contributed by atoms with E-state index in [4.69, 9.17) is 4.74 Å². The summed E-state index contributed by atoms with van der Waals surface area (Å²) in [5.74, 6) is -0.370. The molecule has 5 heteroatoms. The zero-order valence-electron chi connectivity index (χ0n) is 7.70. The molecule has 0 fully saturated rings. The van der Waals surface area contributed by atoms with Gasteiger partial charge in [-0.2, -0.15) is 0 Å². The normalized spacial score (nSPS) is 9.00. The van der Waals surface area contributed by atoms with Crippen LogP contribution < -0.4 is 0 Å². The lowest BCUT2D eigenvalue weighted by Crippen LogP contribution is -2.07. The molecule has 1 aromatic rings. The average molecular weight is 325 g/mol. The van der Waals surface area contributed by atoms with E-state index in [0.717, 1.165) is 5.56 Å². The van der Waals surface area contributed by atoms with Gasteiger partial charge in [0, 0.05) is 11.5 Å². The highest BCUT2D eigenvalue weighted by Gasteiger charge is 2.07. The molecule has 0 N–H and O–H groups in total. The van der Waals surface area contributed by atoms with Crippen LogP contribution in [0.2, 0.25) is 0 Å². The van der Waals surface area contributed by atoms with E-state index >= 15 is 0 Å². The van der Waals surface area contributed by atoms with Crippen molar-refractivity contribution in [2.45, 2.75) is 12.3 Å². The van der Waals surface area contributed by atoms with Crippen LogP contribution >= 0.6 is 32.9 Å². The average Bonchev–Trinajstić information content (AvgIpc) is 2.18. The number of rotatable bonds is 3. The van der Waals surface area contributed by atoms with Crippen molar-refractivity contribution in [1.29, 1.82) is 0 Å². The van der Waals surface area contributed by atoms with Crippen LogP contribution in [0.25, 0.3) is 0 Å². The van der Waals surface area contributed by atoms with E-state index in [1.54, 1.807) is 19.2 Å². The highest BCUT2D eigenvalue weighted by Crippen LogP contribution is 2.07. The summed E-state index contributed by atoms with van der Waals surface area (Å²) in [5.41, 5.74) is 1.37. The standard InChI is InChI=1S/C9H10BrNO2.BrH/c1-2-13-9(12)8-5-7(6-10)3-4-11-8;/h3-5H,2,6H2,1H3;1H. The molecule has 0 aliphatic heterocycles. The summed E-state index contributed by atoms with van der Waals surface area (Å²) in [6.45, 7) is 2.14. The number of nitrogens with zero attached hydrogens (tertiary/aromatic N) is 1. The van der Waals surface area contributed by atoms with Crippen molar-refractivity contribution in [3.8, 4) is 0 Å². The Balaban J connectivity index is 0.00000169. The first kappa shape index (κ1) is 13.6. The first-order valence-electron chi connectivity index (χ1n) is 3.96. The van der Waals surface area contributed by atoms with Crippen LogP contribution in [0.3, 0.4) is 0 Å². The molecule has 1 aromatic heterocycles. The van der Waals surface area contributed by atoms with Crippen LogP contribution in [-0.4, -0.2) is 17.6 Å². The third-order valence-electron chi connectivity index (χ3n) is 1.46. The fraction of sp³-hybridized carbons (Fsp3) is 0.333. The zero-order valence-corrected chi connectivity index (χ0v) is 11.0. The maximum atomic E-state index is 11.2. The van der Waals surface area contributed by atoms with Gasteiger partial charge < -0.3 is 4.74 Å². The van der Waals surface area contributed by atoms with Crippen LogP contribution in [-0.2, 0) is 10.1 Å². The highest BCUT2D eigenvalue weighted by molar-refractivity contribution is 9.08. The summed E-state index contributed by atoms with van der Waals surface area (Å²) in [7, 11) is 0. The molecule has 0 radical (unpaired) electrons. The Kier molecular flexibility index (Phi) is 6.74. The quantitative estimate of drug-likeness (QED) is 0.634. The van der Waals surface area contributed by atoms with Gasteiger partial charge in [-0.3, -0.25) is 0 Å². The maximum absolute atomic E-state index is 11.2. The number of aromatic nitrogens is 1. The third kappa shape index (κ3) is 3.75. The molecule has 0 aliphatic carbocycles. The zero-order chi connectivity index (χ0) is 9.68. The highest BCUT2D eigenvalue weighted by atomic mass is 79.9. The van der Waals surface area contributed by atoms with Gasteiger partial charge in [0.15, 0.2) is 0 Å². The van der Waals surface area contributed by atoms with Crippen molar-refractivity contribution in [3.63, 3.8) is 0 Å². The molecule has 78 valence electrons. The van der Waals surface area contributed by atoms with Gasteiger partial charge in [0.1, 0.15) is 5.69 Å². The second-order valence-corrected chi connectivity index (χ2v) is 2.96. The van der Waals surface area contributed by atoms with Gasteiger partial charge in [-0.1, -0.05) is 15.9 Å². The Morgan fingerprint density at radius 1 is 1.64 bits per heavy atom. The number of ether oxygens (including phenoxy) is 1. The fourth-order valence-electron chi connectivity index (χ4n) is 0.874. The van der Waals surface area contributed by atoms with Gasteiger partial charge in [0.05, 0.1) is 6.61 Å². The van der Waals surface area contributed by atoms with E-state index in [2.05, 4.69) is 20.9 Å². The minimum Gasteiger partial charge on any atom is -0.461 e. The minimum absolute atomic E-state index is 0. The number of halogens is 2. The molecule has 0 unspecified atom stereocenters. The first-order chi connectivity index (χ1) is 6.27. The molecular weight excluding hydrogens is 314 g/mol. The van der Waals surface area contributed by atoms with Gasteiger partial charge in [0.2, 0.25) is 0 Å². The molecule has 0 amide bonds. The molecule has 0 aromatic carbocycles. The lowest BCUT2D eigenvalue weighted by Gasteiger charge is -2.01. The number of hydrogen-bond donors (Lipinski definition) is 0. The molecule has 1 rings (SSSR count). The van der Waals surface area contributed by atoms with Gasteiger partial charge >= 0.3 is 5.97 Å². The van der Waals surface area contributed by atoms with E-state index in [9.17, 15) is 4.79 Å². The van der Waals surface area contributed by atoms with E-state index in [1.165, 1.54) is 0 Å². The second-order valence-electron chi connectivity index (χ2n) is 2.40. The molecule has 14 heavy (non-hydrogen) atoms. The predicted octanol–water partition coefficient (Wildman–Crippen LogP) is 2.73. The van der Waals surface area contributed by atoms with Gasteiger partial charge in [-0.05, 0) is 24.6 Å². The van der Waals surface area contributed by atoms with Gasteiger partial charge in [0.25, 0.3) is 0 Å². The molecule has 3 nitrogen and oxygen atoms in total. The SMILES string of the molecule is Br.CCOC(=O)c1cc(CBr)ccn1. The van der Waals surface area contributed by atoms with Crippen LogP contribution in [0.15, 0.2) is 18.3 Å². The van der Waals surface area contributed by atoms with Gasteiger partial charge in [-0.15, -0.1) is 17.0 Å². The smallest absolute Gasteiger partial charge is 0.356 e. The molecule has 0 atom stereocenters. The molecule has 0 spiro atoms. The van der Waals surface area contributed by atoms with Crippen LogP contribution in [0.5, 0.6) is 0 Å². The Labute approximate surface area is 102 Å². The summed E-state index contributed by atoms with van der Waals surface area (Å²) in [6, 6.07) is 3.56. The van der Waals surface area contributed by atoms with Crippen molar-refractivity contribution in [1.82, 2.24) is 4.98 Å². The summed E-state index contributed by atoms with van der Waals surface area (Å²) in [4.78, 5) is 15.1.